The van der Waals surface area contributed by atoms with Gasteiger partial charge in [-0.15, -0.1) is 11.3 Å². The van der Waals surface area contributed by atoms with Crippen molar-refractivity contribution in [3.05, 3.63) is 51.1 Å². The summed E-state index contributed by atoms with van der Waals surface area (Å²) in [6, 6.07) is 9.61. The molecule has 3 aromatic rings. The highest BCUT2D eigenvalue weighted by Gasteiger charge is 2.22. The zero-order chi connectivity index (χ0) is 20.2. The number of nitrogens with one attached hydrogen (secondary N) is 1. The lowest BCUT2D eigenvalue weighted by atomic mass is 10.1. The second-order valence-electron chi connectivity index (χ2n) is 7.25. The second-order valence-corrected chi connectivity index (χ2v) is 9.28. The van der Waals surface area contributed by atoms with Crippen LogP contribution >= 0.6 is 23.1 Å². The molecule has 1 aromatic carbocycles. The maximum Gasteiger partial charge on any atom is 0.267 e. The first-order chi connectivity index (χ1) is 14.2. The average molecular weight is 428 g/mol. The van der Waals surface area contributed by atoms with E-state index >= 15 is 0 Å². The minimum Gasteiger partial charge on any atom is -0.355 e. The number of thioether (sulfide) groups is 1. The van der Waals surface area contributed by atoms with Gasteiger partial charge in [0.2, 0.25) is 5.91 Å². The van der Waals surface area contributed by atoms with Gasteiger partial charge in [0, 0.05) is 11.4 Å². The highest BCUT2D eigenvalue weighted by atomic mass is 32.2. The van der Waals surface area contributed by atoms with Crippen molar-refractivity contribution in [1.29, 1.82) is 0 Å². The summed E-state index contributed by atoms with van der Waals surface area (Å²) in [6.07, 6.45) is 6.39. The lowest BCUT2D eigenvalue weighted by Crippen LogP contribution is -2.27. The van der Waals surface area contributed by atoms with Crippen molar-refractivity contribution in [2.24, 2.45) is 0 Å². The first kappa shape index (κ1) is 20.2. The quantitative estimate of drug-likeness (QED) is 0.361. The van der Waals surface area contributed by atoms with E-state index in [1.807, 2.05) is 37.3 Å². The fourth-order valence-corrected chi connectivity index (χ4v) is 5.86. The third-order valence-electron chi connectivity index (χ3n) is 5.13. The van der Waals surface area contributed by atoms with Gasteiger partial charge in [0.05, 0.1) is 16.8 Å². The van der Waals surface area contributed by atoms with Gasteiger partial charge in [0.25, 0.3) is 5.56 Å². The molecule has 2 aromatic heterocycles. The van der Waals surface area contributed by atoms with Gasteiger partial charge in [0.15, 0.2) is 5.16 Å². The summed E-state index contributed by atoms with van der Waals surface area (Å²) in [5.41, 5.74) is 1.97. The molecule has 0 radical (unpaired) electrons. The van der Waals surface area contributed by atoms with Gasteiger partial charge in [-0.2, -0.15) is 0 Å². The van der Waals surface area contributed by atoms with Gasteiger partial charge in [-0.25, -0.2) is 4.98 Å². The molecule has 0 fully saturated rings. The van der Waals surface area contributed by atoms with Crippen molar-refractivity contribution in [2.45, 2.75) is 50.6 Å². The SMILES string of the molecule is CCCNC(=O)CSc1nc2sc3c(c2c(=O)n1-c1ccccc1)CCCCC3. The van der Waals surface area contributed by atoms with Crippen LogP contribution in [0.5, 0.6) is 0 Å². The van der Waals surface area contributed by atoms with Gasteiger partial charge in [-0.05, 0) is 49.8 Å². The Bertz CT molecular complexity index is 1070. The fraction of sp³-hybridized carbons (Fsp3) is 0.409. The fourth-order valence-electron chi connectivity index (χ4n) is 3.71. The number of aromatic nitrogens is 2. The molecule has 1 N–H and O–H groups in total. The molecule has 29 heavy (non-hydrogen) atoms. The van der Waals surface area contributed by atoms with Crippen LogP contribution in [-0.2, 0) is 17.6 Å². The molecule has 1 amide bonds. The van der Waals surface area contributed by atoms with Crippen molar-refractivity contribution in [3.8, 4) is 5.69 Å². The standard InChI is InChI=1S/C22H25N3O2S2/c1-2-13-23-18(26)14-28-22-24-20-19(16-11-7-4-8-12-17(16)29-20)21(27)25(22)15-9-5-3-6-10-15/h3,5-6,9-10H,2,4,7-8,11-14H2,1H3,(H,23,26). The van der Waals surface area contributed by atoms with Gasteiger partial charge in [0.1, 0.15) is 4.83 Å². The monoisotopic (exact) mass is 427 g/mol. The van der Waals surface area contributed by atoms with E-state index in [4.69, 9.17) is 4.98 Å². The van der Waals surface area contributed by atoms with Crippen molar-refractivity contribution in [1.82, 2.24) is 14.9 Å². The zero-order valence-electron chi connectivity index (χ0n) is 16.6. The Balaban J connectivity index is 1.81. The van der Waals surface area contributed by atoms with E-state index < -0.39 is 0 Å². The Morgan fingerprint density at radius 3 is 2.79 bits per heavy atom. The van der Waals surface area contributed by atoms with Crippen LogP contribution in [0, 0.1) is 0 Å². The van der Waals surface area contributed by atoms with Gasteiger partial charge in [-0.1, -0.05) is 43.3 Å². The predicted octanol–water partition coefficient (Wildman–Crippen LogP) is 4.33. The van der Waals surface area contributed by atoms with E-state index in [2.05, 4.69) is 5.32 Å². The molecular formula is C22H25N3O2S2. The van der Waals surface area contributed by atoms with Crippen LogP contribution in [0.4, 0.5) is 0 Å². The van der Waals surface area contributed by atoms with Gasteiger partial charge < -0.3 is 5.32 Å². The highest BCUT2D eigenvalue weighted by molar-refractivity contribution is 7.99. The third-order valence-corrected chi connectivity index (χ3v) is 7.25. The molecule has 1 aliphatic carbocycles. The van der Waals surface area contributed by atoms with Crippen LogP contribution in [0.1, 0.15) is 43.0 Å². The molecule has 2 heterocycles. The molecule has 7 heteroatoms. The van der Waals surface area contributed by atoms with E-state index in [1.54, 1.807) is 15.9 Å². The number of aryl methyl sites for hydroxylation is 2. The molecule has 0 atom stereocenters. The largest absolute Gasteiger partial charge is 0.355 e. The van der Waals surface area contributed by atoms with Crippen molar-refractivity contribution >= 4 is 39.2 Å². The van der Waals surface area contributed by atoms with E-state index in [0.717, 1.165) is 41.6 Å². The molecule has 0 bridgehead atoms. The maximum atomic E-state index is 13.6. The molecule has 152 valence electrons. The average Bonchev–Trinajstić information content (AvgIpc) is 2.92. The number of amides is 1. The molecule has 0 saturated heterocycles. The van der Waals surface area contributed by atoms with Crippen LogP contribution in [0.15, 0.2) is 40.3 Å². The summed E-state index contributed by atoms with van der Waals surface area (Å²) in [5.74, 6) is 0.211. The van der Waals surface area contributed by atoms with Crippen molar-refractivity contribution in [3.63, 3.8) is 0 Å². The van der Waals surface area contributed by atoms with Crippen LogP contribution in [-0.4, -0.2) is 27.8 Å². The Morgan fingerprint density at radius 2 is 2.00 bits per heavy atom. The summed E-state index contributed by atoms with van der Waals surface area (Å²) >= 11 is 2.98. The Labute approximate surface area is 178 Å². The van der Waals surface area contributed by atoms with Gasteiger partial charge in [-0.3, -0.25) is 14.2 Å². The Morgan fingerprint density at radius 1 is 1.21 bits per heavy atom. The lowest BCUT2D eigenvalue weighted by Gasteiger charge is -2.12. The molecule has 0 spiro atoms. The summed E-state index contributed by atoms with van der Waals surface area (Å²) in [6.45, 7) is 2.69. The Hall–Kier alpha value is -2.12. The number of carbonyl (C=O) groups excluding carboxylic acids is 1. The van der Waals surface area contributed by atoms with Crippen molar-refractivity contribution < 1.29 is 4.79 Å². The van der Waals surface area contributed by atoms with Gasteiger partial charge >= 0.3 is 0 Å². The summed E-state index contributed by atoms with van der Waals surface area (Å²) < 4.78 is 1.68. The number of thiophene rings is 1. The minimum absolute atomic E-state index is 0.0166. The van der Waals surface area contributed by atoms with E-state index in [0.29, 0.717) is 11.7 Å². The highest BCUT2D eigenvalue weighted by Crippen LogP contribution is 2.34. The molecule has 1 aliphatic rings. The molecule has 0 unspecified atom stereocenters. The number of hydrogen-bond acceptors (Lipinski definition) is 5. The number of rotatable bonds is 6. The molecule has 0 aliphatic heterocycles. The predicted molar refractivity (Wildman–Crippen MR) is 121 cm³/mol. The number of benzene rings is 1. The van der Waals surface area contributed by atoms with Crippen LogP contribution in [0.3, 0.4) is 0 Å². The zero-order valence-corrected chi connectivity index (χ0v) is 18.2. The number of fused-ring (bicyclic) bond motifs is 3. The minimum atomic E-state index is -0.0345. The van der Waals surface area contributed by atoms with E-state index in [9.17, 15) is 9.59 Å². The topological polar surface area (TPSA) is 64.0 Å². The van der Waals surface area contributed by atoms with Crippen LogP contribution in [0.2, 0.25) is 0 Å². The molecule has 5 nitrogen and oxygen atoms in total. The number of hydrogen-bond donors (Lipinski definition) is 1. The lowest BCUT2D eigenvalue weighted by molar-refractivity contribution is -0.118. The summed E-state index contributed by atoms with van der Waals surface area (Å²) in [4.78, 5) is 32.7. The second kappa shape index (κ2) is 9.13. The summed E-state index contributed by atoms with van der Waals surface area (Å²) in [5, 5.41) is 4.24. The number of nitrogens with zero attached hydrogens (tertiary/aromatic N) is 2. The van der Waals surface area contributed by atoms with E-state index in [1.165, 1.54) is 35.0 Å². The van der Waals surface area contributed by atoms with Crippen molar-refractivity contribution in [2.75, 3.05) is 12.3 Å². The maximum absolute atomic E-state index is 13.6. The first-order valence-corrected chi connectivity index (χ1v) is 12.0. The normalized spacial score (nSPS) is 13.8. The number of para-hydroxylation sites is 1. The molecule has 0 saturated carbocycles. The molecular weight excluding hydrogens is 402 g/mol. The van der Waals surface area contributed by atoms with E-state index in [-0.39, 0.29) is 17.2 Å². The van der Waals surface area contributed by atoms with Crippen LogP contribution in [0.25, 0.3) is 15.9 Å². The smallest absolute Gasteiger partial charge is 0.267 e. The number of carbonyl (C=O) groups is 1. The third kappa shape index (κ3) is 4.26. The molecule has 4 rings (SSSR count). The first-order valence-electron chi connectivity index (χ1n) is 10.2. The Kier molecular flexibility index (Phi) is 6.35. The summed E-state index contributed by atoms with van der Waals surface area (Å²) in [7, 11) is 0. The van der Waals surface area contributed by atoms with Crippen LogP contribution < -0.4 is 10.9 Å².